The molecule has 0 radical (unpaired) electrons. The second kappa shape index (κ2) is 8.81. The van der Waals surface area contributed by atoms with Crippen LogP contribution in [0.15, 0.2) is 73.1 Å². The molecule has 1 aliphatic rings. The molecule has 8 nitrogen and oxygen atoms in total. The van der Waals surface area contributed by atoms with Gasteiger partial charge in [-0.2, -0.15) is 0 Å². The third-order valence-corrected chi connectivity index (χ3v) is 7.09. The molecule has 34 heavy (non-hydrogen) atoms. The Morgan fingerprint density at radius 2 is 1.97 bits per heavy atom. The molecule has 10 heteroatoms. The number of hydrogen-bond donors (Lipinski definition) is 1. The lowest BCUT2D eigenvalue weighted by atomic mass is 10.1. The first-order valence-corrected chi connectivity index (χ1v) is 12.0. The van der Waals surface area contributed by atoms with Crippen molar-refractivity contribution in [2.75, 3.05) is 28.7 Å². The highest BCUT2D eigenvalue weighted by atomic mass is 32.2. The third kappa shape index (κ3) is 4.33. The summed E-state index contributed by atoms with van der Waals surface area (Å²) in [5, 5.41) is 3.60. The number of halogens is 1. The fourth-order valence-electron chi connectivity index (χ4n) is 3.66. The van der Waals surface area contributed by atoms with Crippen molar-refractivity contribution in [1.82, 2.24) is 9.97 Å². The fourth-order valence-corrected chi connectivity index (χ4v) is 4.88. The lowest BCUT2D eigenvalue weighted by Gasteiger charge is -2.28. The predicted octanol–water partition coefficient (Wildman–Crippen LogP) is 3.81. The van der Waals surface area contributed by atoms with Crippen LogP contribution in [0.1, 0.15) is 10.4 Å². The van der Waals surface area contributed by atoms with Gasteiger partial charge in [0.15, 0.2) is 0 Å². The molecular weight excluding hydrogens is 459 g/mol. The second-order valence-electron chi connectivity index (χ2n) is 7.67. The van der Waals surface area contributed by atoms with Crippen molar-refractivity contribution < 1.29 is 22.3 Å². The van der Waals surface area contributed by atoms with Gasteiger partial charge in [-0.3, -0.25) is 9.78 Å². The summed E-state index contributed by atoms with van der Waals surface area (Å²) in [5.74, 6) is -1.68. The van der Waals surface area contributed by atoms with Gasteiger partial charge in [-0.05, 0) is 48.5 Å². The van der Waals surface area contributed by atoms with Crippen molar-refractivity contribution in [2.24, 2.45) is 0 Å². The number of carbonyl (C=O) groups is 1. The topological polar surface area (TPSA) is 101 Å². The molecule has 0 spiro atoms. The van der Waals surface area contributed by atoms with Gasteiger partial charge in [0.25, 0.3) is 5.91 Å². The molecule has 0 unspecified atom stereocenters. The number of anilines is 2. The number of aromatic nitrogens is 2. The van der Waals surface area contributed by atoms with Gasteiger partial charge in [0.1, 0.15) is 12.5 Å². The molecule has 0 bridgehead atoms. The van der Waals surface area contributed by atoms with Crippen LogP contribution in [0.4, 0.5) is 15.8 Å². The highest BCUT2D eigenvalue weighted by Crippen LogP contribution is 2.26. The Bertz CT molecular complexity index is 1510. The lowest BCUT2D eigenvalue weighted by molar-refractivity contribution is 0.102. The number of carbonyl (C=O) groups excluding carboxylic acids is 1. The Morgan fingerprint density at radius 1 is 1.09 bits per heavy atom. The normalized spacial score (nSPS) is 15.3. The molecule has 1 aliphatic heterocycles. The summed E-state index contributed by atoms with van der Waals surface area (Å²) in [6, 6.07) is 16.3. The Morgan fingerprint density at radius 3 is 2.79 bits per heavy atom. The highest BCUT2D eigenvalue weighted by molar-refractivity contribution is 7.92. The zero-order chi connectivity index (χ0) is 23.7. The standard InChI is InChI=1S/C24H19FN4O4S/c25-21-13-19(29-15-33-10-11-34(29,31)32)5-6-20(21)24(30)27-18-3-1-2-16(12-18)22-7-4-17-14-26-9-8-23(17)28-22/h1-9,12-14H,10-11,15H2,(H,27,30). The molecule has 1 fully saturated rings. The molecular formula is C24H19FN4O4S. The van der Waals surface area contributed by atoms with E-state index in [1.54, 1.807) is 30.6 Å². The molecule has 0 atom stereocenters. The van der Waals surface area contributed by atoms with E-state index in [1.165, 1.54) is 12.1 Å². The van der Waals surface area contributed by atoms with Crippen molar-refractivity contribution in [3.05, 3.63) is 84.4 Å². The van der Waals surface area contributed by atoms with Crippen LogP contribution in [-0.4, -0.2) is 43.4 Å². The minimum atomic E-state index is -3.59. The zero-order valence-electron chi connectivity index (χ0n) is 17.8. The number of amides is 1. The maximum Gasteiger partial charge on any atom is 0.258 e. The SMILES string of the molecule is O=C(Nc1cccc(-c2ccc3cnccc3n2)c1)c1ccc(N2COCCS2(=O)=O)cc1F. The van der Waals surface area contributed by atoms with Crippen LogP contribution in [0, 0.1) is 5.82 Å². The molecule has 2 aromatic carbocycles. The highest BCUT2D eigenvalue weighted by Gasteiger charge is 2.27. The van der Waals surface area contributed by atoms with Crippen LogP contribution in [0.25, 0.3) is 22.2 Å². The zero-order valence-corrected chi connectivity index (χ0v) is 18.6. The Labute approximate surface area is 195 Å². The van der Waals surface area contributed by atoms with Crippen LogP contribution in [0.3, 0.4) is 0 Å². The Hall–Kier alpha value is -3.89. The average molecular weight is 479 g/mol. The summed E-state index contributed by atoms with van der Waals surface area (Å²) in [4.78, 5) is 21.4. The first-order chi connectivity index (χ1) is 16.4. The van der Waals surface area contributed by atoms with Gasteiger partial charge < -0.3 is 10.1 Å². The van der Waals surface area contributed by atoms with Crippen LogP contribution in [-0.2, 0) is 14.8 Å². The average Bonchev–Trinajstić information content (AvgIpc) is 2.83. The molecule has 3 heterocycles. The number of nitrogens with zero attached hydrogens (tertiary/aromatic N) is 3. The largest absolute Gasteiger partial charge is 0.359 e. The third-order valence-electron chi connectivity index (χ3n) is 5.42. The molecule has 0 aliphatic carbocycles. The van der Waals surface area contributed by atoms with Crippen molar-refractivity contribution in [3.8, 4) is 11.3 Å². The van der Waals surface area contributed by atoms with E-state index in [2.05, 4.69) is 15.3 Å². The van der Waals surface area contributed by atoms with Crippen molar-refractivity contribution >= 4 is 38.2 Å². The smallest absolute Gasteiger partial charge is 0.258 e. The van der Waals surface area contributed by atoms with Crippen molar-refractivity contribution in [1.29, 1.82) is 0 Å². The number of ether oxygens (including phenoxy) is 1. The van der Waals surface area contributed by atoms with Gasteiger partial charge >= 0.3 is 0 Å². The minimum Gasteiger partial charge on any atom is -0.359 e. The van der Waals surface area contributed by atoms with E-state index in [0.29, 0.717) is 5.69 Å². The molecule has 2 aromatic heterocycles. The summed E-state index contributed by atoms with van der Waals surface area (Å²) in [7, 11) is -3.59. The van der Waals surface area contributed by atoms with Crippen molar-refractivity contribution in [2.45, 2.75) is 0 Å². The quantitative estimate of drug-likeness (QED) is 0.479. The summed E-state index contributed by atoms with van der Waals surface area (Å²) in [6.07, 6.45) is 3.40. The van der Waals surface area contributed by atoms with E-state index in [1.807, 2.05) is 24.3 Å². The van der Waals surface area contributed by atoms with Crippen LogP contribution in [0.5, 0.6) is 0 Å². The Kier molecular flexibility index (Phi) is 5.68. The van der Waals surface area contributed by atoms with Crippen molar-refractivity contribution in [3.63, 3.8) is 0 Å². The maximum atomic E-state index is 14.8. The number of nitrogens with one attached hydrogen (secondary N) is 1. The van der Waals surface area contributed by atoms with Gasteiger partial charge in [0.2, 0.25) is 10.0 Å². The number of hydrogen-bond acceptors (Lipinski definition) is 6. The van der Waals surface area contributed by atoms with E-state index in [4.69, 9.17) is 4.74 Å². The summed E-state index contributed by atoms with van der Waals surface area (Å²) in [5.41, 5.74) is 2.66. The van der Waals surface area contributed by atoms with E-state index < -0.39 is 21.7 Å². The predicted molar refractivity (Wildman–Crippen MR) is 126 cm³/mol. The molecule has 172 valence electrons. The monoisotopic (exact) mass is 478 g/mol. The number of rotatable bonds is 4. The van der Waals surface area contributed by atoms with Gasteiger partial charge in [0.05, 0.1) is 34.8 Å². The van der Waals surface area contributed by atoms with E-state index in [-0.39, 0.29) is 30.3 Å². The van der Waals surface area contributed by atoms with Gasteiger partial charge in [-0.25, -0.2) is 22.1 Å². The fraction of sp³-hybridized carbons (Fsp3) is 0.125. The first kappa shape index (κ1) is 21.9. The molecule has 1 N–H and O–H groups in total. The second-order valence-corrected chi connectivity index (χ2v) is 9.68. The van der Waals surface area contributed by atoms with E-state index in [9.17, 15) is 17.6 Å². The molecule has 4 aromatic rings. The summed E-state index contributed by atoms with van der Waals surface area (Å²) >= 11 is 0. The molecule has 1 amide bonds. The van der Waals surface area contributed by atoms with Crippen LogP contribution in [0.2, 0.25) is 0 Å². The van der Waals surface area contributed by atoms with E-state index in [0.717, 1.165) is 32.5 Å². The van der Waals surface area contributed by atoms with Crippen LogP contribution < -0.4 is 9.62 Å². The van der Waals surface area contributed by atoms with Gasteiger partial charge in [-0.1, -0.05) is 12.1 Å². The van der Waals surface area contributed by atoms with Crippen LogP contribution >= 0.6 is 0 Å². The lowest BCUT2D eigenvalue weighted by Crippen LogP contribution is -2.41. The number of sulfonamides is 1. The number of pyridine rings is 2. The Balaban J connectivity index is 1.37. The van der Waals surface area contributed by atoms with E-state index >= 15 is 0 Å². The molecule has 0 saturated carbocycles. The summed E-state index contributed by atoms with van der Waals surface area (Å²) in [6.45, 7) is -0.105. The first-order valence-electron chi connectivity index (χ1n) is 10.4. The van der Waals surface area contributed by atoms with Gasteiger partial charge in [-0.15, -0.1) is 0 Å². The molecule has 5 rings (SSSR count). The molecule has 1 saturated heterocycles. The van der Waals surface area contributed by atoms with Gasteiger partial charge in [0, 0.05) is 29.0 Å². The number of benzene rings is 2. The maximum absolute atomic E-state index is 14.8. The number of fused-ring (bicyclic) bond motifs is 1. The summed E-state index contributed by atoms with van der Waals surface area (Å²) < 4.78 is 45.3. The minimum absolute atomic E-state index is 0.0901.